The predicted octanol–water partition coefficient (Wildman–Crippen LogP) is -0.0504. The molecule has 12 nitrogen and oxygen atoms in total. The van der Waals surface area contributed by atoms with Crippen LogP contribution in [0, 0.1) is 0 Å². The second-order valence-corrected chi connectivity index (χ2v) is 8.11. The number of alkyl carbamates (subject to hydrolysis) is 1. The summed E-state index contributed by atoms with van der Waals surface area (Å²) >= 11 is 0. The maximum atomic E-state index is 13.2. The van der Waals surface area contributed by atoms with E-state index in [9.17, 15) is 29.1 Å². The van der Waals surface area contributed by atoms with Crippen LogP contribution in [-0.2, 0) is 28.7 Å². The first-order chi connectivity index (χ1) is 15.2. The van der Waals surface area contributed by atoms with E-state index in [1.54, 1.807) is 20.8 Å². The molecule has 0 spiro atoms. The minimum atomic E-state index is -1.43. The van der Waals surface area contributed by atoms with E-state index in [0.717, 1.165) is 12.0 Å². The van der Waals surface area contributed by atoms with E-state index < -0.39 is 60.4 Å². The van der Waals surface area contributed by atoms with E-state index in [1.807, 2.05) is 0 Å². The zero-order valence-corrected chi connectivity index (χ0v) is 19.2. The standard InChI is InChI=1S/C21H30N4O8/c1-21(2,3)33-20(31)24-14(10-15(22)27)19(30)25(4)17(12-7-6-8-13(26)9-12)18(29)23-11-16(28)32-5/h6-9,14,17,26H,10-11H2,1-5H3,(H2,22,27)(H,23,29)(H,24,31). The fourth-order valence-electron chi connectivity index (χ4n) is 2.80. The molecule has 1 aromatic carbocycles. The lowest BCUT2D eigenvalue weighted by molar-refractivity contribution is -0.144. The van der Waals surface area contributed by atoms with Gasteiger partial charge >= 0.3 is 12.1 Å². The summed E-state index contributed by atoms with van der Waals surface area (Å²) in [6.07, 6.45) is -1.52. The van der Waals surface area contributed by atoms with Gasteiger partial charge in [-0.05, 0) is 38.5 Å². The fourth-order valence-corrected chi connectivity index (χ4v) is 2.80. The van der Waals surface area contributed by atoms with Crippen molar-refractivity contribution in [2.75, 3.05) is 20.7 Å². The summed E-state index contributed by atoms with van der Waals surface area (Å²) in [5, 5.41) is 14.5. The molecule has 0 radical (unpaired) electrons. The number of primary amides is 1. The average molecular weight is 466 g/mol. The number of hydrogen-bond acceptors (Lipinski definition) is 8. The zero-order valence-electron chi connectivity index (χ0n) is 19.2. The third-order valence-corrected chi connectivity index (χ3v) is 4.20. The van der Waals surface area contributed by atoms with Gasteiger partial charge in [0.15, 0.2) is 0 Å². The molecule has 0 saturated heterocycles. The molecule has 0 bridgehead atoms. The van der Waals surface area contributed by atoms with E-state index in [4.69, 9.17) is 10.5 Å². The van der Waals surface area contributed by atoms with Crippen molar-refractivity contribution >= 4 is 29.8 Å². The van der Waals surface area contributed by atoms with Gasteiger partial charge in [-0.15, -0.1) is 0 Å². The molecule has 0 aromatic heterocycles. The van der Waals surface area contributed by atoms with Gasteiger partial charge in [0.05, 0.1) is 13.5 Å². The minimum absolute atomic E-state index is 0.167. The molecule has 33 heavy (non-hydrogen) atoms. The van der Waals surface area contributed by atoms with Crippen molar-refractivity contribution in [2.45, 2.75) is 44.9 Å². The van der Waals surface area contributed by atoms with Crippen LogP contribution in [-0.4, -0.2) is 72.1 Å². The summed E-state index contributed by atoms with van der Waals surface area (Å²) in [4.78, 5) is 62.2. The van der Waals surface area contributed by atoms with E-state index in [-0.39, 0.29) is 11.3 Å². The van der Waals surface area contributed by atoms with E-state index in [2.05, 4.69) is 15.4 Å². The number of methoxy groups -OCH3 is 1. The summed E-state index contributed by atoms with van der Waals surface area (Å²) in [6, 6.07) is 2.81. The second-order valence-electron chi connectivity index (χ2n) is 8.11. The number of carbonyl (C=O) groups excluding carboxylic acids is 5. The number of likely N-dealkylation sites (N-methyl/N-ethyl adjacent to an activating group) is 1. The molecule has 0 aliphatic rings. The van der Waals surface area contributed by atoms with Gasteiger partial charge in [0, 0.05) is 7.05 Å². The lowest BCUT2D eigenvalue weighted by Crippen LogP contribution is -2.53. The van der Waals surface area contributed by atoms with Gasteiger partial charge < -0.3 is 35.8 Å². The fraction of sp³-hybridized carbons (Fsp3) is 0.476. The molecule has 12 heteroatoms. The maximum Gasteiger partial charge on any atom is 0.408 e. The average Bonchev–Trinajstić information content (AvgIpc) is 2.69. The highest BCUT2D eigenvalue weighted by atomic mass is 16.6. The number of benzene rings is 1. The van der Waals surface area contributed by atoms with Gasteiger partial charge in [0.2, 0.25) is 17.7 Å². The summed E-state index contributed by atoms with van der Waals surface area (Å²) in [6.45, 7) is 4.39. The molecule has 182 valence electrons. The first-order valence-electron chi connectivity index (χ1n) is 9.93. The van der Waals surface area contributed by atoms with Gasteiger partial charge in [0.1, 0.15) is 30.0 Å². The van der Waals surface area contributed by atoms with Crippen molar-refractivity contribution < 1.29 is 38.6 Å². The Kier molecular flexibility index (Phi) is 9.64. The SMILES string of the molecule is COC(=O)CNC(=O)C(c1cccc(O)c1)N(C)C(=O)C(CC(N)=O)NC(=O)OC(C)(C)C. The predicted molar refractivity (Wildman–Crippen MR) is 116 cm³/mol. The molecule has 1 rings (SSSR count). The van der Waals surface area contributed by atoms with Crippen LogP contribution in [0.25, 0.3) is 0 Å². The van der Waals surface area contributed by atoms with Crippen LogP contribution in [0.15, 0.2) is 24.3 Å². The summed E-state index contributed by atoms with van der Waals surface area (Å²) in [5.41, 5.74) is 4.58. The molecule has 0 saturated carbocycles. The lowest BCUT2D eigenvalue weighted by atomic mass is 10.0. The first-order valence-corrected chi connectivity index (χ1v) is 9.93. The van der Waals surface area contributed by atoms with E-state index >= 15 is 0 Å². The molecule has 2 unspecified atom stereocenters. The number of nitrogens with zero attached hydrogens (tertiary/aromatic N) is 1. The summed E-state index contributed by atoms with van der Waals surface area (Å²) in [5.74, 6) is -3.36. The normalized spacial score (nSPS) is 12.6. The Hall–Kier alpha value is -3.83. The molecule has 2 atom stereocenters. The molecule has 1 aromatic rings. The lowest BCUT2D eigenvalue weighted by Gasteiger charge is -2.31. The third kappa shape index (κ3) is 9.05. The van der Waals surface area contributed by atoms with Crippen molar-refractivity contribution in [3.8, 4) is 5.75 Å². The number of carbonyl (C=O) groups is 5. The number of rotatable bonds is 9. The smallest absolute Gasteiger partial charge is 0.408 e. The van der Waals surface area contributed by atoms with Crippen molar-refractivity contribution in [2.24, 2.45) is 5.73 Å². The highest BCUT2D eigenvalue weighted by Gasteiger charge is 2.35. The van der Waals surface area contributed by atoms with Gasteiger partial charge in [-0.1, -0.05) is 12.1 Å². The Balaban J connectivity index is 3.24. The topological polar surface area (TPSA) is 177 Å². The van der Waals surface area contributed by atoms with Crippen molar-refractivity contribution in [3.05, 3.63) is 29.8 Å². The first kappa shape index (κ1) is 27.2. The molecular weight excluding hydrogens is 436 g/mol. The van der Waals surface area contributed by atoms with Crippen molar-refractivity contribution in [3.63, 3.8) is 0 Å². The number of ether oxygens (including phenoxy) is 2. The zero-order chi connectivity index (χ0) is 25.3. The van der Waals surface area contributed by atoms with Gasteiger partial charge in [0.25, 0.3) is 0 Å². The number of nitrogens with one attached hydrogen (secondary N) is 2. The van der Waals surface area contributed by atoms with E-state index in [0.29, 0.717) is 0 Å². The number of nitrogens with two attached hydrogens (primary N) is 1. The minimum Gasteiger partial charge on any atom is -0.508 e. The number of esters is 1. The van der Waals surface area contributed by atoms with Crippen LogP contribution in [0.2, 0.25) is 0 Å². The third-order valence-electron chi connectivity index (χ3n) is 4.20. The van der Waals surface area contributed by atoms with Crippen molar-refractivity contribution in [1.29, 1.82) is 0 Å². The number of aromatic hydroxyl groups is 1. The van der Waals surface area contributed by atoms with Gasteiger partial charge in [-0.2, -0.15) is 0 Å². The van der Waals surface area contributed by atoms with Gasteiger partial charge in [-0.25, -0.2) is 4.79 Å². The quantitative estimate of drug-likeness (QED) is 0.366. The van der Waals surface area contributed by atoms with E-state index in [1.165, 1.54) is 31.3 Å². The number of amides is 4. The molecule has 5 N–H and O–H groups in total. The Bertz CT molecular complexity index is 896. The largest absolute Gasteiger partial charge is 0.508 e. The van der Waals surface area contributed by atoms with Crippen molar-refractivity contribution in [1.82, 2.24) is 15.5 Å². The molecule has 0 aliphatic heterocycles. The number of phenolic OH excluding ortho intramolecular Hbond substituents is 1. The Morgan fingerprint density at radius 2 is 1.82 bits per heavy atom. The van der Waals surface area contributed by atoms with Crippen LogP contribution in [0.3, 0.4) is 0 Å². The molecule has 0 fully saturated rings. The Morgan fingerprint density at radius 1 is 1.18 bits per heavy atom. The highest BCUT2D eigenvalue weighted by Crippen LogP contribution is 2.24. The Labute approximate surface area is 191 Å². The maximum absolute atomic E-state index is 13.2. The Morgan fingerprint density at radius 3 is 2.33 bits per heavy atom. The second kappa shape index (κ2) is 11.7. The van der Waals surface area contributed by atoms with Gasteiger partial charge in [-0.3, -0.25) is 19.2 Å². The van der Waals surface area contributed by atoms with Crippen LogP contribution in [0.5, 0.6) is 5.75 Å². The number of phenols is 1. The van der Waals surface area contributed by atoms with Crippen LogP contribution in [0.4, 0.5) is 4.79 Å². The molecular formula is C21H30N4O8. The molecule has 0 aliphatic carbocycles. The summed E-state index contributed by atoms with van der Waals surface area (Å²) in [7, 11) is 2.41. The molecule has 0 heterocycles. The summed E-state index contributed by atoms with van der Waals surface area (Å²) < 4.78 is 9.62. The van der Waals surface area contributed by atoms with Crippen LogP contribution < -0.4 is 16.4 Å². The monoisotopic (exact) mass is 466 g/mol. The highest BCUT2D eigenvalue weighted by molar-refractivity contribution is 5.95. The van der Waals surface area contributed by atoms with Crippen LogP contribution >= 0.6 is 0 Å². The number of hydrogen-bond donors (Lipinski definition) is 4. The molecule has 4 amide bonds. The van der Waals surface area contributed by atoms with Crippen LogP contribution in [0.1, 0.15) is 38.8 Å².